The van der Waals surface area contributed by atoms with E-state index in [1.165, 1.54) is 0 Å². The maximum Gasteiger partial charge on any atom is 0.234 e. The lowest BCUT2D eigenvalue weighted by molar-refractivity contribution is 0.326. The summed E-state index contributed by atoms with van der Waals surface area (Å²) in [7, 11) is 0. The van der Waals surface area contributed by atoms with Gasteiger partial charge in [0.25, 0.3) is 0 Å². The van der Waals surface area contributed by atoms with Gasteiger partial charge >= 0.3 is 0 Å². The monoisotopic (exact) mass is 418 g/mol. The summed E-state index contributed by atoms with van der Waals surface area (Å²) in [5.74, 6) is 1.09. The van der Waals surface area contributed by atoms with Crippen LogP contribution < -0.4 is 15.4 Å². The minimum Gasteiger partial charge on any atom is -0.477 e. The van der Waals surface area contributed by atoms with Gasteiger partial charge in [0.2, 0.25) is 5.88 Å². The molecule has 0 aliphatic carbocycles. The molecule has 0 fully saturated rings. The molecule has 0 aliphatic heterocycles. The van der Waals surface area contributed by atoms with Gasteiger partial charge in [-0.25, -0.2) is 0 Å². The summed E-state index contributed by atoms with van der Waals surface area (Å²) in [5.41, 5.74) is 1.80. The van der Waals surface area contributed by atoms with Gasteiger partial charge in [0.15, 0.2) is 11.8 Å². The Morgan fingerprint density at radius 2 is 1.74 bits per heavy atom. The first kappa shape index (κ1) is 23.7. The second-order valence-corrected chi connectivity index (χ2v) is 6.90. The molecular formula is C24H30N6O. The molecule has 1 aromatic heterocycles. The quantitative estimate of drug-likeness (QED) is 0.325. The average molecular weight is 419 g/mol. The number of aliphatic imine (C=N–C) groups is 1. The summed E-state index contributed by atoms with van der Waals surface area (Å²) in [6.45, 7) is 7.85. The number of nitrogens with zero attached hydrogens (tertiary/aromatic N) is 4. The molecule has 0 radical (unpaired) electrons. The van der Waals surface area contributed by atoms with Crippen molar-refractivity contribution in [2.45, 2.75) is 46.5 Å². The van der Waals surface area contributed by atoms with Crippen LogP contribution in [0.3, 0.4) is 0 Å². The molecule has 0 saturated carbocycles. The predicted molar refractivity (Wildman–Crippen MR) is 124 cm³/mol. The number of benzene rings is 1. The lowest BCUT2D eigenvalue weighted by Crippen LogP contribution is -2.32. The summed E-state index contributed by atoms with van der Waals surface area (Å²) in [5, 5.41) is 26.3. The topological polar surface area (TPSA) is 106 Å². The molecule has 162 valence electrons. The van der Waals surface area contributed by atoms with Gasteiger partial charge in [-0.15, -0.1) is 0 Å². The molecule has 0 atom stereocenters. The highest BCUT2D eigenvalue weighted by atomic mass is 16.5. The second kappa shape index (κ2) is 12.9. The van der Waals surface area contributed by atoms with Crippen LogP contribution in [0.25, 0.3) is 11.1 Å². The van der Waals surface area contributed by atoms with Crippen LogP contribution in [0.2, 0.25) is 0 Å². The van der Waals surface area contributed by atoms with E-state index in [0.717, 1.165) is 37.8 Å². The molecule has 2 aromatic rings. The number of unbranched alkanes of at least 4 members (excludes halogenated alkanes) is 2. The molecule has 0 saturated heterocycles. The maximum absolute atomic E-state index is 10.0. The lowest BCUT2D eigenvalue weighted by atomic mass is 9.96. The Morgan fingerprint density at radius 3 is 2.35 bits per heavy atom. The highest BCUT2D eigenvalue weighted by Gasteiger charge is 2.23. The number of nitriles is 2. The highest BCUT2D eigenvalue weighted by Crippen LogP contribution is 2.36. The third kappa shape index (κ3) is 6.45. The molecule has 1 heterocycles. The van der Waals surface area contributed by atoms with Crippen molar-refractivity contribution in [1.82, 2.24) is 10.3 Å². The van der Waals surface area contributed by atoms with E-state index in [0.29, 0.717) is 30.5 Å². The molecule has 7 nitrogen and oxygen atoms in total. The zero-order valence-electron chi connectivity index (χ0n) is 18.5. The van der Waals surface area contributed by atoms with Crippen molar-refractivity contribution < 1.29 is 4.74 Å². The molecule has 31 heavy (non-hydrogen) atoms. The number of hydrogen-bond acceptors (Lipinski definition) is 5. The van der Waals surface area contributed by atoms with Gasteiger partial charge in [-0.05, 0) is 25.3 Å². The van der Waals surface area contributed by atoms with Crippen LogP contribution >= 0.6 is 0 Å². The Bertz CT molecular complexity index is 957. The third-order valence-corrected chi connectivity index (χ3v) is 4.57. The molecule has 0 spiro atoms. The Kier molecular flexibility index (Phi) is 9.84. The standard InChI is InChI=1S/C24H30N6O/c1-4-7-14-27-24(28-15-8-5-2)30-22-19(16-25)21(18-12-10-9-11-13-18)20(17-26)23(29-22)31-6-3/h9-13H,4-8,14-15H2,1-3H3,(H2,27,28,29,30). The van der Waals surface area contributed by atoms with Gasteiger partial charge in [-0.1, -0.05) is 57.0 Å². The van der Waals surface area contributed by atoms with Gasteiger partial charge in [0.05, 0.1) is 6.61 Å². The summed E-state index contributed by atoms with van der Waals surface area (Å²) < 4.78 is 5.67. The normalized spacial score (nSPS) is 10.8. The van der Waals surface area contributed by atoms with Crippen molar-refractivity contribution in [2.24, 2.45) is 4.99 Å². The number of ether oxygens (including phenoxy) is 1. The minimum absolute atomic E-state index is 0.201. The van der Waals surface area contributed by atoms with E-state index in [2.05, 4.69) is 46.6 Å². The highest BCUT2D eigenvalue weighted by molar-refractivity contribution is 5.96. The van der Waals surface area contributed by atoms with Gasteiger partial charge in [0.1, 0.15) is 23.3 Å². The molecule has 0 bridgehead atoms. The van der Waals surface area contributed by atoms with Crippen LogP contribution in [0.5, 0.6) is 5.88 Å². The lowest BCUT2D eigenvalue weighted by Gasteiger charge is -2.17. The molecule has 7 heteroatoms. The van der Waals surface area contributed by atoms with Crippen molar-refractivity contribution in [3.8, 4) is 29.1 Å². The third-order valence-electron chi connectivity index (χ3n) is 4.57. The van der Waals surface area contributed by atoms with Crippen LogP contribution in [0.4, 0.5) is 5.82 Å². The van der Waals surface area contributed by atoms with E-state index in [9.17, 15) is 10.5 Å². The van der Waals surface area contributed by atoms with E-state index in [1.54, 1.807) is 0 Å². The summed E-state index contributed by atoms with van der Waals surface area (Å²) in [6, 6.07) is 13.8. The van der Waals surface area contributed by atoms with E-state index in [4.69, 9.17) is 4.74 Å². The Balaban J connectivity index is 2.59. The number of hydrogen-bond donors (Lipinski definition) is 2. The van der Waals surface area contributed by atoms with Crippen LogP contribution in [-0.4, -0.2) is 30.6 Å². The fourth-order valence-corrected chi connectivity index (χ4v) is 2.99. The largest absolute Gasteiger partial charge is 0.477 e. The summed E-state index contributed by atoms with van der Waals surface area (Å²) in [6.07, 6.45) is 4.06. The number of nitrogens with one attached hydrogen (secondary N) is 2. The zero-order chi connectivity index (χ0) is 22.5. The number of guanidine groups is 1. The van der Waals surface area contributed by atoms with Gasteiger partial charge in [-0.2, -0.15) is 15.5 Å². The average Bonchev–Trinajstić information content (AvgIpc) is 2.79. The van der Waals surface area contributed by atoms with Gasteiger partial charge in [-0.3, -0.25) is 4.99 Å². The van der Waals surface area contributed by atoms with Gasteiger partial charge in [0, 0.05) is 18.7 Å². The summed E-state index contributed by atoms with van der Waals surface area (Å²) in [4.78, 5) is 9.10. The zero-order valence-corrected chi connectivity index (χ0v) is 18.5. The SMILES string of the molecule is CCCCN=C(NCCCC)Nc1nc(OCC)c(C#N)c(-c2ccccc2)c1C#N. The van der Waals surface area contributed by atoms with Crippen LogP contribution in [0.15, 0.2) is 35.3 Å². The number of pyridine rings is 1. The Hall–Kier alpha value is -3.58. The van der Waals surface area contributed by atoms with E-state index in [-0.39, 0.29) is 17.0 Å². The molecule has 0 amide bonds. The van der Waals surface area contributed by atoms with Crippen molar-refractivity contribution in [1.29, 1.82) is 10.5 Å². The van der Waals surface area contributed by atoms with Crippen molar-refractivity contribution in [2.75, 3.05) is 25.0 Å². The Labute approximate surface area is 184 Å². The predicted octanol–water partition coefficient (Wildman–Crippen LogP) is 4.85. The molecule has 2 N–H and O–H groups in total. The molecule has 0 aliphatic rings. The van der Waals surface area contributed by atoms with Crippen molar-refractivity contribution >= 4 is 11.8 Å². The van der Waals surface area contributed by atoms with Gasteiger partial charge < -0.3 is 15.4 Å². The Morgan fingerprint density at radius 1 is 1.03 bits per heavy atom. The first-order valence-electron chi connectivity index (χ1n) is 10.8. The van der Waals surface area contributed by atoms with Crippen LogP contribution in [0.1, 0.15) is 57.6 Å². The number of aromatic nitrogens is 1. The fraction of sp³-hybridized carbons (Fsp3) is 0.417. The molecular weight excluding hydrogens is 388 g/mol. The number of rotatable bonds is 10. The fourth-order valence-electron chi connectivity index (χ4n) is 2.99. The molecule has 2 rings (SSSR count). The maximum atomic E-state index is 10.0. The number of anilines is 1. The van der Waals surface area contributed by atoms with Crippen LogP contribution in [0, 0.1) is 22.7 Å². The molecule has 0 unspecified atom stereocenters. The van der Waals surface area contributed by atoms with E-state index >= 15 is 0 Å². The van der Waals surface area contributed by atoms with Crippen molar-refractivity contribution in [3.05, 3.63) is 41.5 Å². The smallest absolute Gasteiger partial charge is 0.234 e. The first-order chi connectivity index (χ1) is 15.2. The van der Waals surface area contributed by atoms with E-state index in [1.807, 2.05) is 37.3 Å². The van der Waals surface area contributed by atoms with Crippen molar-refractivity contribution in [3.63, 3.8) is 0 Å². The molecule has 1 aromatic carbocycles. The van der Waals surface area contributed by atoms with E-state index < -0.39 is 0 Å². The first-order valence-corrected chi connectivity index (χ1v) is 10.8. The second-order valence-electron chi connectivity index (χ2n) is 6.90. The minimum atomic E-state index is 0.201. The summed E-state index contributed by atoms with van der Waals surface area (Å²) >= 11 is 0. The van der Waals surface area contributed by atoms with Crippen LogP contribution in [-0.2, 0) is 0 Å².